The van der Waals surface area contributed by atoms with Crippen LogP contribution in [0.4, 0.5) is 0 Å². The summed E-state index contributed by atoms with van der Waals surface area (Å²) in [7, 11) is 0. The van der Waals surface area contributed by atoms with Crippen LogP contribution in [0, 0.1) is 6.92 Å². The highest BCUT2D eigenvalue weighted by Crippen LogP contribution is 2.31. The monoisotopic (exact) mass is 318 g/mol. The van der Waals surface area contributed by atoms with Gasteiger partial charge in [0.05, 0.1) is 5.02 Å². The van der Waals surface area contributed by atoms with Crippen molar-refractivity contribution in [1.29, 1.82) is 0 Å². The molecule has 0 unspecified atom stereocenters. The number of carbonyl (C=O) groups is 1. The van der Waals surface area contributed by atoms with Crippen molar-refractivity contribution in [2.75, 3.05) is 0 Å². The number of benzene rings is 1. The van der Waals surface area contributed by atoms with Gasteiger partial charge >= 0.3 is 0 Å². The number of halogens is 1. The number of carbonyl (C=O) groups excluding carboxylic acids is 1. The Morgan fingerprint density at radius 3 is 2.73 bits per heavy atom. The van der Waals surface area contributed by atoms with Crippen LogP contribution in [-0.2, 0) is 0 Å². The molecule has 1 heterocycles. The lowest BCUT2D eigenvalue weighted by molar-refractivity contribution is 0.0927. The SMILES string of the molecule is Cc1onc(-c2ccccc2Cl)c1C(=O)NC1CCCCC1. The molecule has 1 aliphatic carbocycles. The maximum absolute atomic E-state index is 12.6. The predicted octanol–water partition coefficient (Wildman–Crippen LogP) is 4.37. The second-order valence-electron chi connectivity index (χ2n) is 5.75. The molecule has 0 radical (unpaired) electrons. The van der Waals surface area contributed by atoms with Crippen LogP contribution >= 0.6 is 11.6 Å². The molecule has 22 heavy (non-hydrogen) atoms. The molecule has 1 N–H and O–H groups in total. The Bertz CT molecular complexity index is 675. The molecule has 2 aromatic rings. The zero-order valence-electron chi connectivity index (χ0n) is 12.6. The minimum Gasteiger partial charge on any atom is -0.360 e. The third-order valence-electron chi connectivity index (χ3n) is 4.16. The molecule has 1 amide bonds. The summed E-state index contributed by atoms with van der Waals surface area (Å²) in [5.74, 6) is 0.392. The van der Waals surface area contributed by atoms with E-state index in [9.17, 15) is 4.79 Å². The fourth-order valence-corrected chi connectivity index (χ4v) is 3.21. The number of nitrogens with zero attached hydrogens (tertiary/aromatic N) is 1. The molecule has 0 saturated heterocycles. The van der Waals surface area contributed by atoms with E-state index in [-0.39, 0.29) is 11.9 Å². The summed E-state index contributed by atoms with van der Waals surface area (Å²) in [6.07, 6.45) is 5.67. The van der Waals surface area contributed by atoms with E-state index in [1.165, 1.54) is 19.3 Å². The molecule has 5 heteroatoms. The smallest absolute Gasteiger partial charge is 0.257 e. The number of nitrogens with one attached hydrogen (secondary N) is 1. The molecule has 4 nitrogen and oxygen atoms in total. The lowest BCUT2D eigenvalue weighted by Crippen LogP contribution is -2.36. The normalized spacial score (nSPS) is 15.7. The molecule has 1 saturated carbocycles. The van der Waals surface area contributed by atoms with E-state index >= 15 is 0 Å². The van der Waals surface area contributed by atoms with Gasteiger partial charge in [-0.1, -0.05) is 54.2 Å². The summed E-state index contributed by atoms with van der Waals surface area (Å²) in [4.78, 5) is 12.6. The second kappa shape index (κ2) is 6.53. The number of amides is 1. The quantitative estimate of drug-likeness (QED) is 0.914. The van der Waals surface area contributed by atoms with Gasteiger partial charge in [0, 0.05) is 11.6 Å². The van der Waals surface area contributed by atoms with Gasteiger partial charge in [0.15, 0.2) is 0 Å². The van der Waals surface area contributed by atoms with Crippen LogP contribution in [0.5, 0.6) is 0 Å². The van der Waals surface area contributed by atoms with Gasteiger partial charge in [-0.2, -0.15) is 0 Å². The van der Waals surface area contributed by atoms with Gasteiger partial charge in [0.2, 0.25) is 0 Å². The Balaban J connectivity index is 1.89. The summed E-state index contributed by atoms with van der Waals surface area (Å²) in [5.41, 5.74) is 1.71. The van der Waals surface area contributed by atoms with Crippen LogP contribution in [-0.4, -0.2) is 17.1 Å². The maximum atomic E-state index is 12.6. The first-order valence-corrected chi connectivity index (χ1v) is 8.06. The molecular weight excluding hydrogens is 300 g/mol. The van der Waals surface area contributed by atoms with Crippen molar-refractivity contribution in [3.05, 3.63) is 40.6 Å². The molecule has 3 rings (SSSR count). The van der Waals surface area contributed by atoms with E-state index in [1.54, 1.807) is 13.0 Å². The first-order valence-electron chi connectivity index (χ1n) is 7.69. The van der Waals surface area contributed by atoms with Crippen LogP contribution in [0.25, 0.3) is 11.3 Å². The first-order chi connectivity index (χ1) is 10.7. The minimum absolute atomic E-state index is 0.124. The van der Waals surface area contributed by atoms with Crippen molar-refractivity contribution in [1.82, 2.24) is 10.5 Å². The molecule has 0 atom stereocenters. The van der Waals surface area contributed by atoms with E-state index in [4.69, 9.17) is 16.1 Å². The largest absolute Gasteiger partial charge is 0.360 e. The van der Waals surface area contributed by atoms with Crippen LogP contribution in [0.2, 0.25) is 5.02 Å². The molecule has 1 aliphatic rings. The number of hydrogen-bond donors (Lipinski definition) is 1. The standard InChI is InChI=1S/C17H19ClN2O2/c1-11-15(17(21)19-12-7-3-2-4-8-12)16(20-22-11)13-9-5-6-10-14(13)18/h5-6,9-10,12H,2-4,7-8H2,1H3,(H,19,21). The lowest BCUT2D eigenvalue weighted by Gasteiger charge is -2.22. The Kier molecular flexibility index (Phi) is 4.48. The molecule has 0 aliphatic heterocycles. The summed E-state index contributed by atoms with van der Waals surface area (Å²) in [6, 6.07) is 7.59. The third-order valence-corrected chi connectivity index (χ3v) is 4.49. The van der Waals surface area contributed by atoms with Gasteiger partial charge in [-0.05, 0) is 25.8 Å². The summed E-state index contributed by atoms with van der Waals surface area (Å²) < 4.78 is 5.25. The fourth-order valence-electron chi connectivity index (χ4n) is 2.98. The van der Waals surface area contributed by atoms with Gasteiger partial charge in [0.1, 0.15) is 17.0 Å². The highest BCUT2D eigenvalue weighted by molar-refractivity contribution is 6.33. The summed E-state index contributed by atoms with van der Waals surface area (Å²) >= 11 is 6.22. The number of hydrogen-bond acceptors (Lipinski definition) is 3. The second-order valence-corrected chi connectivity index (χ2v) is 6.16. The predicted molar refractivity (Wildman–Crippen MR) is 86.0 cm³/mol. The highest BCUT2D eigenvalue weighted by atomic mass is 35.5. The number of aryl methyl sites for hydroxylation is 1. The van der Waals surface area contributed by atoms with Gasteiger partial charge in [-0.25, -0.2) is 0 Å². The van der Waals surface area contributed by atoms with Crippen LogP contribution in [0.1, 0.15) is 48.2 Å². The Morgan fingerprint density at radius 1 is 1.27 bits per heavy atom. The summed E-state index contributed by atoms with van der Waals surface area (Å²) in [6.45, 7) is 1.75. The van der Waals surface area contributed by atoms with Crippen molar-refractivity contribution < 1.29 is 9.32 Å². The molecule has 1 aromatic carbocycles. The molecule has 0 spiro atoms. The third kappa shape index (κ3) is 3.02. The van der Waals surface area contributed by atoms with Gasteiger partial charge in [-0.15, -0.1) is 0 Å². The zero-order valence-corrected chi connectivity index (χ0v) is 13.3. The van der Waals surface area contributed by atoms with Crippen LogP contribution in [0.15, 0.2) is 28.8 Å². The highest BCUT2D eigenvalue weighted by Gasteiger charge is 2.25. The van der Waals surface area contributed by atoms with Gasteiger partial charge < -0.3 is 9.84 Å². The van der Waals surface area contributed by atoms with Crippen LogP contribution in [0.3, 0.4) is 0 Å². The maximum Gasteiger partial charge on any atom is 0.257 e. The van der Waals surface area contributed by atoms with Crippen molar-refractivity contribution in [3.8, 4) is 11.3 Å². The van der Waals surface area contributed by atoms with Crippen molar-refractivity contribution in [2.45, 2.75) is 45.1 Å². The zero-order chi connectivity index (χ0) is 15.5. The fraction of sp³-hybridized carbons (Fsp3) is 0.412. The average Bonchev–Trinajstić information content (AvgIpc) is 2.90. The van der Waals surface area contributed by atoms with E-state index in [0.717, 1.165) is 18.4 Å². The minimum atomic E-state index is -0.124. The number of rotatable bonds is 3. The molecule has 0 bridgehead atoms. The van der Waals surface area contributed by atoms with Crippen molar-refractivity contribution in [2.24, 2.45) is 0 Å². The lowest BCUT2D eigenvalue weighted by atomic mass is 9.95. The summed E-state index contributed by atoms with van der Waals surface area (Å²) in [5, 5.41) is 7.71. The Morgan fingerprint density at radius 2 is 2.00 bits per heavy atom. The Labute approximate surface area is 134 Å². The van der Waals surface area contributed by atoms with Crippen molar-refractivity contribution >= 4 is 17.5 Å². The molecule has 1 aromatic heterocycles. The van der Waals surface area contributed by atoms with E-state index < -0.39 is 0 Å². The van der Waals surface area contributed by atoms with Gasteiger partial charge in [-0.3, -0.25) is 4.79 Å². The molecule has 116 valence electrons. The van der Waals surface area contributed by atoms with E-state index in [0.29, 0.717) is 22.0 Å². The molecule has 1 fully saturated rings. The van der Waals surface area contributed by atoms with Crippen molar-refractivity contribution in [3.63, 3.8) is 0 Å². The molecular formula is C17H19ClN2O2. The van der Waals surface area contributed by atoms with Crippen LogP contribution < -0.4 is 5.32 Å². The Hall–Kier alpha value is -1.81. The van der Waals surface area contributed by atoms with E-state index in [2.05, 4.69) is 10.5 Å². The topological polar surface area (TPSA) is 55.1 Å². The van der Waals surface area contributed by atoms with E-state index in [1.807, 2.05) is 18.2 Å². The average molecular weight is 319 g/mol. The first kappa shape index (κ1) is 15.1. The van der Waals surface area contributed by atoms with Gasteiger partial charge in [0.25, 0.3) is 5.91 Å². The number of aromatic nitrogens is 1.